The third-order valence-corrected chi connectivity index (χ3v) is 6.58. The normalized spacial score (nSPS) is 13.3. The molecule has 0 aliphatic carbocycles. The predicted molar refractivity (Wildman–Crippen MR) is 113 cm³/mol. The Kier molecular flexibility index (Phi) is 5.83. The summed E-state index contributed by atoms with van der Waals surface area (Å²) in [6, 6.07) is 3.39. The highest BCUT2D eigenvalue weighted by Gasteiger charge is 2.23. The van der Waals surface area contributed by atoms with Crippen LogP contribution >= 0.6 is 0 Å². The molecule has 9 heteroatoms. The molecule has 0 bridgehead atoms. The van der Waals surface area contributed by atoms with E-state index in [-0.39, 0.29) is 10.9 Å². The lowest BCUT2D eigenvalue weighted by molar-refractivity contribution is -0.360. The van der Waals surface area contributed by atoms with Gasteiger partial charge in [0.15, 0.2) is 11.3 Å². The molecule has 3 rings (SSSR count). The van der Waals surface area contributed by atoms with Crippen molar-refractivity contribution in [2.24, 2.45) is 0 Å². The Labute approximate surface area is 177 Å². The predicted octanol–water partition coefficient (Wildman–Crippen LogP) is 1.99. The molecular weight excluding hydrogens is 404 g/mol. The molecule has 0 aliphatic heterocycles. The van der Waals surface area contributed by atoms with Gasteiger partial charge in [-0.25, -0.2) is 13.4 Å². The minimum atomic E-state index is -4.04. The second kappa shape index (κ2) is 8.53. The van der Waals surface area contributed by atoms with Crippen LogP contribution in [-0.4, -0.2) is 37.5 Å². The number of esters is 1. The SMILES string of the molecule is [2H]c1cc(Cc2c(C)nc3[nH+]c(CC)[nH]c3c2C)ccc1S(=O)(=O)N[C@@H](C)C(=O)OC. The number of benzene rings is 1. The number of pyridine rings is 1. The first kappa shape index (κ1) is 20.5. The van der Waals surface area contributed by atoms with Gasteiger partial charge in [-0.15, -0.1) is 4.98 Å². The van der Waals surface area contributed by atoms with E-state index < -0.39 is 22.0 Å². The van der Waals surface area contributed by atoms with Crippen LogP contribution in [0.25, 0.3) is 11.2 Å². The van der Waals surface area contributed by atoms with Crippen molar-refractivity contribution in [2.45, 2.75) is 51.5 Å². The molecule has 0 saturated heterocycles. The number of aromatic amines is 2. The number of imidazole rings is 1. The maximum Gasteiger partial charge on any atom is 0.323 e. The molecule has 0 fully saturated rings. The van der Waals surface area contributed by atoms with Gasteiger partial charge >= 0.3 is 5.97 Å². The number of hydrogen-bond acceptors (Lipinski definition) is 5. The van der Waals surface area contributed by atoms with Crippen molar-refractivity contribution >= 4 is 27.2 Å². The number of rotatable bonds is 7. The first-order chi connectivity index (χ1) is 14.6. The van der Waals surface area contributed by atoms with Crippen molar-refractivity contribution in [1.29, 1.82) is 0 Å². The van der Waals surface area contributed by atoms with Crippen LogP contribution in [0.3, 0.4) is 0 Å². The van der Waals surface area contributed by atoms with Crippen LogP contribution in [0, 0.1) is 13.8 Å². The summed E-state index contributed by atoms with van der Waals surface area (Å²) >= 11 is 0. The van der Waals surface area contributed by atoms with Gasteiger partial charge in [-0.05, 0) is 38.4 Å². The summed E-state index contributed by atoms with van der Waals surface area (Å²) < 4.78 is 40.2. The first-order valence-electron chi connectivity index (χ1n) is 10.2. The van der Waals surface area contributed by atoms with E-state index in [2.05, 4.69) is 31.3 Å². The molecule has 1 atom stereocenters. The van der Waals surface area contributed by atoms with Gasteiger partial charge < -0.3 is 4.74 Å². The van der Waals surface area contributed by atoms with Crippen molar-refractivity contribution in [3.63, 3.8) is 0 Å². The van der Waals surface area contributed by atoms with E-state index in [1.165, 1.54) is 26.2 Å². The third-order valence-electron chi connectivity index (χ3n) is 5.09. The lowest BCUT2D eigenvalue weighted by Crippen LogP contribution is -2.39. The number of sulfonamides is 1. The van der Waals surface area contributed by atoms with Gasteiger partial charge in [0, 0.05) is 24.0 Å². The summed E-state index contributed by atoms with van der Waals surface area (Å²) in [6.07, 6.45) is 1.35. The lowest BCUT2D eigenvalue weighted by atomic mass is 9.99. The minimum absolute atomic E-state index is 0.145. The van der Waals surface area contributed by atoms with Gasteiger partial charge in [-0.1, -0.05) is 19.1 Å². The summed E-state index contributed by atoms with van der Waals surface area (Å²) in [7, 11) is -2.86. The van der Waals surface area contributed by atoms with Crippen molar-refractivity contribution < 1.29 is 24.3 Å². The monoisotopic (exact) mass is 432 g/mol. The Morgan fingerprint density at radius 3 is 2.73 bits per heavy atom. The molecular formula is C21H27N4O4S+. The molecule has 0 amide bonds. The van der Waals surface area contributed by atoms with Gasteiger partial charge in [-0.2, -0.15) is 4.72 Å². The number of H-pyrrole nitrogens is 2. The van der Waals surface area contributed by atoms with Crippen LogP contribution in [0.15, 0.2) is 29.1 Å². The Morgan fingerprint density at radius 1 is 1.37 bits per heavy atom. The Balaban J connectivity index is 1.91. The average Bonchev–Trinajstić information content (AvgIpc) is 3.13. The molecule has 0 saturated carbocycles. The Hall–Kier alpha value is -2.78. The molecule has 0 unspecified atom stereocenters. The minimum Gasteiger partial charge on any atom is -0.468 e. The van der Waals surface area contributed by atoms with E-state index in [4.69, 9.17) is 1.37 Å². The molecule has 2 heterocycles. The van der Waals surface area contributed by atoms with Crippen LogP contribution in [0.1, 0.15) is 43.4 Å². The van der Waals surface area contributed by atoms with Gasteiger partial charge in [0.25, 0.3) is 5.65 Å². The van der Waals surface area contributed by atoms with E-state index in [9.17, 15) is 13.2 Å². The van der Waals surface area contributed by atoms with Crippen LogP contribution < -0.4 is 9.71 Å². The Bertz CT molecular complexity index is 1250. The molecule has 30 heavy (non-hydrogen) atoms. The topological polar surface area (TPSA) is 115 Å². The highest BCUT2D eigenvalue weighted by atomic mass is 32.2. The zero-order chi connectivity index (χ0) is 22.9. The number of nitrogens with one attached hydrogen (secondary N) is 3. The average molecular weight is 433 g/mol. The van der Waals surface area contributed by atoms with E-state index in [0.717, 1.165) is 45.8 Å². The number of aryl methyl sites for hydroxylation is 3. The zero-order valence-corrected chi connectivity index (χ0v) is 18.5. The third kappa shape index (κ3) is 4.36. The molecule has 3 aromatic rings. The Morgan fingerprint density at radius 2 is 2.10 bits per heavy atom. The fraction of sp³-hybridized carbons (Fsp3) is 0.381. The summed E-state index contributed by atoms with van der Waals surface area (Å²) in [6.45, 7) is 7.40. The van der Waals surface area contributed by atoms with Crippen LogP contribution in [0.2, 0.25) is 0 Å². The number of fused-ring (bicyclic) bond motifs is 1. The lowest BCUT2D eigenvalue weighted by Gasteiger charge is -2.12. The largest absolute Gasteiger partial charge is 0.468 e. The second-order valence-electron chi connectivity index (χ2n) is 7.21. The summed E-state index contributed by atoms with van der Waals surface area (Å²) in [5.41, 5.74) is 5.52. The molecule has 0 spiro atoms. The van der Waals surface area contributed by atoms with E-state index in [1.807, 2.05) is 13.8 Å². The van der Waals surface area contributed by atoms with Gasteiger partial charge in [0.1, 0.15) is 11.7 Å². The number of carbonyl (C=O) groups excluding carboxylic acids is 1. The number of aromatic nitrogens is 3. The standard InChI is InChI=1S/C21H26N4O4S/c1-6-18-23-19-12(2)17(13(3)22-20(19)24-18)11-15-7-9-16(10-8-15)30(27,28)25-14(4)21(26)29-5/h7-10,14,25H,6,11H2,1-5H3,(H,22,23,24)/p+1/t14-/m0/s1/i9D. The van der Waals surface area contributed by atoms with Crippen molar-refractivity contribution in [2.75, 3.05) is 7.11 Å². The number of carbonyl (C=O) groups is 1. The van der Waals surface area contributed by atoms with Gasteiger partial charge in [0.05, 0.1) is 13.4 Å². The summed E-state index contributed by atoms with van der Waals surface area (Å²) in [4.78, 5) is 22.6. The fourth-order valence-corrected chi connectivity index (χ4v) is 4.49. The van der Waals surface area contributed by atoms with Gasteiger partial charge in [0.2, 0.25) is 10.0 Å². The number of ether oxygens (including phenoxy) is 1. The quantitative estimate of drug-likeness (QED) is 0.554. The van der Waals surface area contributed by atoms with Gasteiger partial charge in [-0.3, -0.25) is 9.78 Å². The maximum atomic E-state index is 12.6. The van der Waals surface area contributed by atoms with Crippen LogP contribution in [0.5, 0.6) is 0 Å². The zero-order valence-electron chi connectivity index (χ0n) is 18.7. The summed E-state index contributed by atoms with van der Waals surface area (Å²) in [5.74, 6) is 0.298. The number of hydrogen-bond donors (Lipinski definition) is 2. The second-order valence-corrected chi connectivity index (χ2v) is 8.89. The smallest absolute Gasteiger partial charge is 0.323 e. The van der Waals surface area contributed by atoms with Crippen molar-refractivity contribution in [1.82, 2.24) is 14.7 Å². The molecule has 0 aliphatic rings. The van der Waals surface area contributed by atoms with E-state index >= 15 is 0 Å². The molecule has 3 N–H and O–H groups in total. The molecule has 8 nitrogen and oxygen atoms in total. The fourth-order valence-electron chi connectivity index (χ4n) is 3.34. The van der Waals surface area contributed by atoms with E-state index in [0.29, 0.717) is 6.42 Å². The molecule has 0 radical (unpaired) electrons. The highest BCUT2D eigenvalue weighted by molar-refractivity contribution is 7.89. The number of methoxy groups -OCH3 is 1. The number of nitrogens with zero attached hydrogens (tertiary/aromatic N) is 1. The molecule has 1 aromatic carbocycles. The first-order valence-corrected chi connectivity index (χ1v) is 11.1. The summed E-state index contributed by atoms with van der Waals surface area (Å²) in [5, 5.41) is 0. The molecule has 2 aromatic heterocycles. The van der Waals surface area contributed by atoms with Crippen LogP contribution in [0.4, 0.5) is 0 Å². The van der Waals surface area contributed by atoms with Crippen molar-refractivity contribution in [3.8, 4) is 0 Å². The van der Waals surface area contributed by atoms with E-state index in [1.54, 1.807) is 6.07 Å². The molecule has 160 valence electrons. The van der Waals surface area contributed by atoms with Crippen molar-refractivity contribution in [3.05, 3.63) is 52.5 Å². The van der Waals surface area contributed by atoms with Crippen LogP contribution in [-0.2, 0) is 32.4 Å². The highest BCUT2D eigenvalue weighted by Crippen LogP contribution is 2.23. The maximum absolute atomic E-state index is 12.6.